The van der Waals surface area contributed by atoms with E-state index in [0.29, 0.717) is 12.6 Å². The number of benzene rings is 1. The standard InChI is InChI=1S/C12H15NO2/c1-13-6-7-14-11-8-15-10-5-3-2-4-9(10)12(11)13/h2-5,11-12H,6-8H2,1H3/t11-,12-/m1/s1. The van der Waals surface area contributed by atoms with Crippen LogP contribution in [0.4, 0.5) is 0 Å². The second kappa shape index (κ2) is 3.51. The van der Waals surface area contributed by atoms with Crippen LogP contribution >= 0.6 is 0 Å². The Bertz CT molecular complexity index is 366. The normalized spacial score (nSPS) is 30.2. The van der Waals surface area contributed by atoms with Gasteiger partial charge in [0, 0.05) is 12.1 Å². The summed E-state index contributed by atoms with van der Waals surface area (Å²) >= 11 is 0. The van der Waals surface area contributed by atoms with Gasteiger partial charge in [-0.05, 0) is 13.1 Å². The summed E-state index contributed by atoms with van der Waals surface area (Å²) in [5.74, 6) is 1.01. The van der Waals surface area contributed by atoms with Crippen molar-refractivity contribution >= 4 is 0 Å². The summed E-state index contributed by atoms with van der Waals surface area (Å²) in [7, 11) is 2.16. The molecule has 0 amide bonds. The SMILES string of the molecule is CN1CCO[C@@H]2COc3ccccc3[C@H]21. The van der Waals surface area contributed by atoms with Gasteiger partial charge in [-0.3, -0.25) is 4.90 Å². The average Bonchev–Trinajstić information content (AvgIpc) is 2.29. The second-order valence-electron chi connectivity index (χ2n) is 4.18. The molecule has 0 saturated carbocycles. The summed E-state index contributed by atoms with van der Waals surface area (Å²) in [6, 6.07) is 8.62. The predicted molar refractivity (Wildman–Crippen MR) is 57.0 cm³/mol. The van der Waals surface area contributed by atoms with Crippen molar-refractivity contribution < 1.29 is 9.47 Å². The van der Waals surface area contributed by atoms with Gasteiger partial charge in [0.15, 0.2) is 0 Å². The van der Waals surface area contributed by atoms with Gasteiger partial charge in [-0.1, -0.05) is 18.2 Å². The number of hydrogen-bond donors (Lipinski definition) is 0. The number of nitrogens with zero attached hydrogens (tertiary/aromatic N) is 1. The van der Waals surface area contributed by atoms with Crippen LogP contribution in [-0.4, -0.2) is 37.8 Å². The Hall–Kier alpha value is -1.06. The highest BCUT2D eigenvalue weighted by molar-refractivity contribution is 5.38. The summed E-state index contributed by atoms with van der Waals surface area (Å²) in [5, 5.41) is 0. The minimum Gasteiger partial charge on any atom is -0.490 e. The molecule has 0 aromatic heterocycles. The van der Waals surface area contributed by atoms with Crippen LogP contribution in [0.2, 0.25) is 0 Å². The number of para-hydroxylation sites is 1. The lowest BCUT2D eigenvalue weighted by Crippen LogP contribution is -2.47. The highest BCUT2D eigenvalue weighted by Crippen LogP contribution is 2.37. The van der Waals surface area contributed by atoms with Crippen molar-refractivity contribution in [2.45, 2.75) is 12.1 Å². The van der Waals surface area contributed by atoms with Gasteiger partial charge in [-0.15, -0.1) is 0 Å². The van der Waals surface area contributed by atoms with E-state index in [2.05, 4.69) is 24.1 Å². The molecule has 80 valence electrons. The number of ether oxygens (including phenoxy) is 2. The highest BCUT2D eigenvalue weighted by Gasteiger charge is 2.36. The van der Waals surface area contributed by atoms with Crippen LogP contribution in [0.25, 0.3) is 0 Å². The smallest absolute Gasteiger partial charge is 0.124 e. The largest absolute Gasteiger partial charge is 0.490 e. The molecule has 0 spiro atoms. The van der Waals surface area contributed by atoms with Crippen LogP contribution in [0.15, 0.2) is 24.3 Å². The Balaban J connectivity index is 2.02. The number of hydrogen-bond acceptors (Lipinski definition) is 3. The van der Waals surface area contributed by atoms with Crippen molar-refractivity contribution in [3.8, 4) is 5.75 Å². The molecule has 3 nitrogen and oxygen atoms in total. The number of rotatable bonds is 0. The predicted octanol–water partition coefficient (Wildman–Crippen LogP) is 1.45. The van der Waals surface area contributed by atoms with E-state index in [1.807, 2.05) is 12.1 Å². The van der Waals surface area contributed by atoms with E-state index in [0.717, 1.165) is 18.9 Å². The molecular formula is C12H15NO2. The molecule has 2 heterocycles. The molecule has 1 fully saturated rings. The molecule has 3 heteroatoms. The molecule has 0 radical (unpaired) electrons. The van der Waals surface area contributed by atoms with Gasteiger partial charge in [0.25, 0.3) is 0 Å². The molecular weight excluding hydrogens is 190 g/mol. The van der Waals surface area contributed by atoms with Gasteiger partial charge in [0.2, 0.25) is 0 Å². The molecule has 1 aromatic carbocycles. The van der Waals surface area contributed by atoms with Crippen molar-refractivity contribution in [3.63, 3.8) is 0 Å². The molecule has 2 aliphatic rings. The maximum Gasteiger partial charge on any atom is 0.124 e. The van der Waals surface area contributed by atoms with Crippen molar-refractivity contribution in [3.05, 3.63) is 29.8 Å². The van der Waals surface area contributed by atoms with Crippen LogP contribution in [-0.2, 0) is 4.74 Å². The molecule has 1 aromatic rings. The van der Waals surface area contributed by atoms with E-state index in [4.69, 9.17) is 9.47 Å². The van der Waals surface area contributed by atoms with E-state index in [1.54, 1.807) is 0 Å². The van der Waals surface area contributed by atoms with Crippen LogP contribution < -0.4 is 4.74 Å². The van der Waals surface area contributed by atoms with Crippen LogP contribution in [0.3, 0.4) is 0 Å². The summed E-state index contributed by atoms with van der Waals surface area (Å²) < 4.78 is 11.4. The Morgan fingerprint density at radius 3 is 3.13 bits per heavy atom. The third-order valence-corrected chi connectivity index (χ3v) is 3.24. The molecule has 0 bridgehead atoms. The van der Waals surface area contributed by atoms with Crippen molar-refractivity contribution in [1.82, 2.24) is 4.90 Å². The first kappa shape index (κ1) is 9.19. The van der Waals surface area contributed by atoms with Crippen molar-refractivity contribution in [2.24, 2.45) is 0 Å². The van der Waals surface area contributed by atoms with Gasteiger partial charge in [0.05, 0.1) is 12.6 Å². The summed E-state index contributed by atoms with van der Waals surface area (Å²) in [6.45, 7) is 2.48. The van der Waals surface area contributed by atoms with E-state index < -0.39 is 0 Å². The van der Waals surface area contributed by atoms with Crippen LogP contribution in [0.5, 0.6) is 5.75 Å². The van der Waals surface area contributed by atoms with Crippen molar-refractivity contribution in [2.75, 3.05) is 26.8 Å². The lowest BCUT2D eigenvalue weighted by atomic mass is 9.96. The van der Waals surface area contributed by atoms with E-state index in [9.17, 15) is 0 Å². The summed E-state index contributed by atoms with van der Waals surface area (Å²) in [6.07, 6.45) is 0.193. The fraction of sp³-hybridized carbons (Fsp3) is 0.500. The second-order valence-corrected chi connectivity index (χ2v) is 4.18. The van der Waals surface area contributed by atoms with Crippen LogP contribution in [0.1, 0.15) is 11.6 Å². The molecule has 15 heavy (non-hydrogen) atoms. The fourth-order valence-corrected chi connectivity index (χ4v) is 2.47. The zero-order valence-corrected chi connectivity index (χ0v) is 8.85. The van der Waals surface area contributed by atoms with Gasteiger partial charge < -0.3 is 9.47 Å². The number of morpholine rings is 1. The van der Waals surface area contributed by atoms with E-state index >= 15 is 0 Å². The molecule has 1 saturated heterocycles. The Morgan fingerprint density at radius 2 is 2.20 bits per heavy atom. The molecule has 0 aliphatic carbocycles. The maximum absolute atomic E-state index is 5.74. The van der Waals surface area contributed by atoms with Gasteiger partial charge in [0.1, 0.15) is 18.5 Å². The lowest BCUT2D eigenvalue weighted by molar-refractivity contribution is -0.0906. The monoisotopic (exact) mass is 205 g/mol. The van der Waals surface area contributed by atoms with E-state index in [1.165, 1.54) is 5.56 Å². The molecule has 3 rings (SSSR count). The van der Waals surface area contributed by atoms with Gasteiger partial charge in [-0.2, -0.15) is 0 Å². The topological polar surface area (TPSA) is 21.7 Å². The zero-order valence-electron chi connectivity index (χ0n) is 8.85. The third kappa shape index (κ3) is 1.43. The van der Waals surface area contributed by atoms with Crippen LogP contribution in [0, 0.1) is 0 Å². The third-order valence-electron chi connectivity index (χ3n) is 3.24. The first-order valence-corrected chi connectivity index (χ1v) is 5.40. The summed E-state index contributed by atoms with van der Waals surface area (Å²) in [5.41, 5.74) is 1.26. The summed E-state index contributed by atoms with van der Waals surface area (Å²) in [4.78, 5) is 2.36. The Kier molecular flexibility index (Phi) is 2.15. The highest BCUT2D eigenvalue weighted by atomic mass is 16.5. The first-order chi connectivity index (χ1) is 7.36. The van der Waals surface area contributed by atoms with Gasteiger partial charge in [-0.25, -0.2) is 0 Å². The fourth-order valence-electron chi connectivity index (χ4n) is 2.47. The Labute approximate surface area is 89.6 Å². The molecule has 2 aliphatic heterocycles. The number of likely N-dealkylation sites (N-methyl/N-ethyl adjacent to an activating group) is 1. The minimum atomic E-state index is 0.193. The lowest BCUT2D eigenvalue weighted by Gasteiger charge is -2.42. The zero-order chi connectivity index (χ0) is 10.3. The molecule has 0 unspecified atom stereocenters. The van der Waals surface area contributed by atoms with Gasteiger partial charge >= 0.3 is 0 Å². The molecule has 0 N–H and O–H groups in total. The first-order valence-electron chi connectivity index (χ1n) is 5.40. The quantitative estimate of drug-likeness (QED) is 0.640. The molecule has 2 atom stereocenters. The number of fused-ring (bicyclic) bond motifs is 3. The van der Waals surface area contributed by atoms with Crippen molar-refractivity contribution in [1.29, 1.82) is 0 Å². The maximum atomic E-state index is 5.74. The van der Waals surface area contributed by atoms with E-state index in [-0.39, 0.29) is 6.10 Å². The Morgan fingerprint density at radius 1 is 1.33 bits per heavy atom. The minimum absolute atomic E-state index is 0.193. The average molecular weight is 205 g/mol.